The lowest BCUT2D eigenvalue weighted by Gasteiger charge is -2.25. The van der Waals surface area contributed by atoms with Crippen LogP contribution >= 0.6 is 0 Å². The van der Waals surface area contributed by atoms with Crippen LogP contribution in [0.15, 0.2) is 36.5 Å². The molecule has 2 aromatic rings. The smallest absolute Gasteiger partial charge is 0.230 e. The van der Waals surface area contributed by atoms with Crippen molar-refractivity contribution in [3.8, 4) is 0 Å². The summed E-state index contributed by atoms with van der Waals surface area (Å²) in [6.45, 7) is 1.54. The maximum atomic E-state index is 11.9. The lowest BCUT2D eigenvalue weighted by Crippen LogP contribution is -2.48. The van der Waals surface area contributed by atoms with Crippen LogP contribution in [-0.2, 0) is 4.79 Å². The molecule has 1 aromatic heterocycles. The molecule has 0 spiro atoms. The van der Waals surface area contributed by atoms with Crippen molar-refractivity contribution in [3.63, 3.8) is 0 Å². The average molecular weight is 227 g/mol. The molecule has 4 nitrogen and oxygen atoms in total. The van der Waals surface area contributed by atoms with Crippen LogP contribution in [0.4, 0.5) is 5.69 Å². The number of carbonyl (C=O) groups excluding carboxylic acids is 1. The number of amides is 1. The van der Waals surface area contributed by atoms with E-state index < -0.39 is 0 Å². The molecular weight excluding hydrogens is 214 g/mol. The fourth-order valence-electron chi connectivity index (χ4n) is 1.91. The van der Waals surface area contributed by atoms with Gasteiger partial charge < -0.3 is 10.6 Å². The second kappa shape index (κ2) is 4.14. The zero-order valence-corrected chi connectivity index (χ0v) is 9.31. The zero-order valence-electron chi connectivity index (χ0n) is 9.31. The number of para-hydroxylation sites is 1. The number of hydrogen-bond donors (Lipinski definition) is 2. The molecule has 2 N–H and O–H groups in total. The minimum absolute atomic E-state index is 0.0712. The van der Waals surface area contributed by atoms with Crippen LogP contribution in [0.25, 0.3) is 10.9 Å². The van der Waals surface area contributed by atoms with Gasteiger partial charge in [0.15, 0.2) is 0 Å². The first-order chi connectivity index (χ1) is 8.34. The highest BCUT2D eigenvalue weighted by atomic mass is 16.2. The topological polar surface area (TPSA) is 54.0 Å². The predicted molar refractivity (Wildman–Crippen MR) is 66.7 cm³/mol. The molecule has 4 heteroatoms. The summed E-state index contributed by atoms with van der Waals surface area (Å²) in [7, 11) is 0. The first-order valence-electron chi connectivity index (χ1n) is 5.70. The van der Waals surface area contributed by atoms with E-state index >= 15 is 0 Å². The lowest BCUT2D eigenvalue weighted by molar-refractivity contribution is -0.121. The summed E-state index contributed by atoms with van der Waals surface area (Å²) in [6.07, 6.45) is 1.74. The molecule has 0 aliphatic carbocycles. The summed E-state index contributed by atoms with van der Waals surface area (Å²) >= 11 is 0. The molecule has 1 saturated heterocycles. The summed E-state index contributed by atoms with van der Waals surface area (Å²) in [5, 5.41) is 7.07. The Balaban J connectivity index is 1.91. The van der Waals surface area contributed by atoms with Gasteiger partial charge in [0.25, 0.3) is 0 Å². The SMILES string of the molecule is O=C(Nc1cccc2cccnc12)C1CNC1. The number of hydrogen-bond acceptors (Lipinski definition) is 3. The highest BCUT2D eigenvalue weighted by Crippen LogP contribution is 2.21. The number of nitrogens with one attached hydrogen (secondary N) is 2. The molecule has 0 radical (unpaired) electrons. The molecule has 0 unspecified atom stereocenters. The van der Waals surface area contributed by atoms with Crippen LogP contribution in [0.1, 0.15) is 0 Å². The first-order valence-corrected chi connectivity index (χ1v) is 5.70. The Morgan fingerprint density at radius 1 is 1.29 bits per heavy atom. The van der Waals surface area contributed by atoms with Gasteiger partial charge in [0, 0.05) is 24.7 Å². The van der Waals surface area contributed by atoms with Gasteiger partial charge in [-0.05, 0) is 12.1 Å². The Kier molecular flexibility index (Phi) is 2.49. The fourth-order valence-corrected chi connectivity index (χ4v) is 1.91. The Hall–Kier alpha value is -1.94. The van der Waals surface area contributed by atoms with E-state index in [0.29, 0.717) is 0 Å². The third kappa shape index (κ3) is 1.87. The molecule has 1 aliphatic heterocycles. The number of aromatic nitrogens is 1. The summed E-state index contributed by atoms with van der Waals surface area (Å²) in [5.74, 6) is 0.163. The van der Waals surface area contributed by atoms with Gasteiger partial charge in [0.05, 0.1) is 17.1 Å². The van der Waals surface area contributed by atoms with Crippen LogP contribution in [0.2, 0.25) is 0 Å². The van der Waals surface area contributed by atoms with Gasteiger partial charge in [-0.3, -0.25) is 9.78 Å². The average Bonchev–Trinajstić information content (AvgIpc) is 2.27. The summed E-state index contributed by atoms with van der Waals surface area (Å²) in [5.41, 5.74) is 1.63. The molecule has 1 aromatic carbocycles. The Labute approximate surface area is 99.0 Å². The highest BCUT2D eigenvalue weighted by Gasteiger charge is 2.25. The summed E-state index contributed by atoms with van der Waals surface area (Å²) in [4.78, 5) is 16.2. The van der Waals surface area contributed by atoms with Gasteiger partial charge in [-0.15, -0.1) is 0 Å². The minimum atomic E-state index is 0.0712. The maximum absolute atomic E-state index is 11.9. The standard InChI is InChI=1S/C13H13N3O/c17-13(10-7-14-8-10)16-11-5-1-3-9-4-2-6-15-12(9)11/h1-6,10,14H,7-8H2,(H,16,17). The van der Waals surface area contributed by atoms with Gasteiger partial charge in [-0.1, -0.05) is 18.2 Å². The van der Waals surface area contributed by atoms with Crippen molar-refractivity contribution in [2.75, 3.05) is 18.4 Å². The van der Waals surface area contributed by atoms with Crippen LogP contribution in [0.3, 0.4) is 0 Å². The van der Waals surface area contributed by atoms with Gasteiger partial charge in [0.1, 0.15) is 0 Å². The molecule has 3 rings (SSSR count). The van der Waals surface area contributed by atoms with Gasteiger partial charge in [-0.2, -0.15) is 0 Å². The largest absolute Gasteiger partial charge is 0.324 e. The molecule has 1 aliphatic rings. The van der Waals surface area contributed by atoms with Crippen molar-refractivity contribution in [3.05, 3.63) is 36.5 Å². The van der Waals surface area contributed by atoms with Crippen molar-refractivity contribution in [2.45, 2.75) is 0 Å². The second-order valence-corrected chi connectivity index (χ2v) is 4.23. The van der Waals surface area contributed by atoms with Crippen LogP contribution < -0.4 is 10.6 Å². The van der Waals surface area contributed by atoms with E-state index in [1.54, 1.807) is 6.20 Å². The van der Waals surface area contributed by atoms with Gasteiger partial charge >= 0.3 is 0 Å². The number of rotatable bonds is 2. The van der Waals surface area contributed by atoms with Crippen LogP contribution in [0, 0.1) is 5.92 Å². The van der Waals surface area contributed by atoms with Gasteiger partial charge in [-0.25, -0.2) is 0 Å². The number of nitrogens with zero attached hydrogens (tertiary/aromatic N) is 1. The Morgan fingerprint density at radius 3 is 2.88 bits per heavy atom. The molecule has 86 valence electrons. The molecule has 2 heterocycles. The number of anilines is 1. The molecule has 0 saturated carbocycles. The number of carbonyl (C=O) groups is 1. The Morgan fingerprint density at radius 2 is 2.12 bits per heavy atom. The second-order valence-electron chi connectivity index (χ2n) is 4.23. The van der Waals surface area contributed by atoms with Crippen molar-refractivity contribution in [1.29, 1.82) is 0 Å². The van der Waals surface area contributed by atoms with E-state index in [1.807, 2.05) is 30.3 Å². The van der Waals surface area contributed by atoms with Crippen LogP contribution in [0.5, 0.6) is 0 Å². The molecule has 1 amide bonds. The molecule has 0 bridgehead atoms. The first kappa shape index (κ1) is 10.2. The van der Waals surface area contributed by atoms with Crippen molar-refractivity contribution >= 4 is 22.5 Å². The van der Waals surface area contributed by atoms with E-state index in [4.69, 9.17) is 0 Å². The quantitative estimate of drug-likeness (QED) is 0.815. The van der Waals surface area contributed by atoms with E-state index in [1.165, 1.54) is 0 Å². The summed E-state index contributed by atoms with van der Waals surface area (Å²) < 4.78 is 0. The maximum Gasteiger partial charge on any atom is 0.230 e. The van der Waals surface area contributed by atoms with Crippen LogP contribution in [-0.4, -0.2) is 24.0 Å². The fraction of sp³-hybridized carbons (Fsp3) is 0.231. The molecule has 0 atom stereocenters. The lowest BCUT2D eigenvalue weighted by atomic mass is 10.0. The van der Waals surface area contributed by atoms with Crippen molar-refractivity contribution < 1.29 is 4.79 Å². The van der Waals surface area contributed by atoms with Gasteiger partial charge in [0.2, 0.25) is 5.91 Å². The van der Waals surface area contributed by atoms with E-state index in [9.17, 15) is 4.79 Å². The number of fused-ring (bicyclic) bond motifs is 1. The molecule has 1 fully saturated rings. The van der Waals surface area contributed by atoms with Crippen molar-refractivity contribution in [1.82, 2.24) is 10.3 Å². The monoisotopic (exact) mass is 227 g/mol. The van der Waals surface area contributed by atoms with Crippen molar-refractivity contribution in [2.24, 2.45) is 5.92 Å². The minimum Gasteiger partial charge on any atom is -0.324 e. The van der Waals surface area contributed by atoms with E-state index in [0.717, 1.165) is 29.7 Å². The number of pyridine rings is 1. The molecular formula is C13H13N3O. The summed E-state index contributed by atoms with van der Waals surface area (Å²) in [6, 6.07) is 9.69. The normalized spacial score (nSPS) is 15.5. The Bertz CT molecular complexity index is 558. The van der Waals surface area contributed by atoms with E-state index in [2.05, 4.69) is 15.6 Å². The zero-order chi connectivity index (χ0) is 11.7. The third-order valence-electron chi connectivity index (χ3n) is 3.04. The molecule has 17 heavy (non-hydrogen) atoms. The third-order valence-corrected chi connectivity index (χ3v) is 3.04. The predicted octanol–water partition coefficient (Wildman–Crippen LogP) is 1.39. The number of benzene rings is 1. The van der Waals surface area contributed by atoms with E-state index in [-0.39, 0.29) is 11.8 Å². The highest BCUT2D eigenvalue weighted by molar-refractivity contribution is 6.01.